The fourth-order valence-corrected chi connectivity index (χ4v) is 5.70. The van der Waals surface area contributed by atoms with E-state index in [4.69, 9.17) is 0 Å². The lowest BCUT2D eigenvalue weighted by molar-refractivity contribution is -0.142. The topological polar surface area (TPSA) is 40.6 Å². The van der Waals surface area contributed by atoms with Crippen molar-refractivity contribution < 1.29 is 9.59 Å². The van der Waals surface area contributed by atoms with Crippen LogP contribution in [-0.2, 0) is 9.59 Å². The highest BCUT2D eigenvalue weighted by Crippen LogP contribution is 2.25. The van der Waals surface area contributed by atoms with Gasteiger partial charge < -0.3 is 9.80 Å². The van der Waals surface area contributed by atoms with Crippen LogP contribution in [-0.4, -0.2) is 52.4 Å². The summed E-state index contributed by atoms with van der Waals surface area (Å²) < 4.78 is 0. The lowest BCUT2D eigenvalue weighted by Crippen LogP contribution is -2.48. The Morgan fingerprint density at radius 3 is 2.06 bits per heavy atom. The molecule has 4 nitrogen and oxygen atoms in total. The summed E-state index contributed by atoms with van der Waals surface area (Å²) in [5.74, 6) is 1.82. The van der Waals surface area contributed by atoms with Crippen molar-refractivity contribution in [3.05, 3.63) is 12.2 Å². The number of hydrogen-bond acceptors (Lipinski definition) is 3. The molecule has 2 saturated heterocycles. The van der Waals surface area contributed by atoms with E-state index in [1.807, 2.05) is 9.80 Å². The Labute approximate surface area is 195 Å². The molecule has 31 heavy (non-hydrogen) atoms. The summed E-state index contributed by atoms with van der Waals surface area (Å²) in [4.78, 5) is 29.1. The number of amides is 2. The van der Waals surface area contributed by atoms with Crippen LogP contribution in [0.1, 0.15) is 110 Å². The third-order valence-electron chi connectivity index (χ3n) is 6.56. The minimum absolute atomic E-state index is 0.181. The summed E-state index contributed by atoms with van der Waals surface area (Å²) in [7, 11) is 0. The molecule has 0 radical (unpaired) electrons. The molecule has 0 aromatic carbocycles. The second-order valence-electron chi connectivity index (χ2n) is 9.25. The van der Waals surface area contributed by atoms with Crippen LogP contribution in [0.4, 0.5) is 0 Å². The highest BCUT2D eigenvalue weighted by Gasteiger charge is 2.37. The SMILES string of the molecule is CCCCCCCC/C=C\CCCCCCCC(=O)N1CSC[C@H]1C(=O)N1CCCC1. The van der Waals surface area contributed by atoms with Crippen molar-refractivity contribution in [1.29, 1.82) is 0 Å². The van der Waals surface area contributed by atoms with Crippen LogP contribution in [0, 0.1) is 0 Å². The summed E-state index contributed by atoms with van der Waals surface area (Å²) in [5, 5.41) is 0. The summed E-state index contributed by atoms with van der Waals surface area (Å²) in [6.45, 7) is 4.01. The number of rotatable bonds is 16. The monoisotopic (exact) mass is 450 g/mol. The lowest BCUT2D eigenvalue weighted by Gasteiger charge is -2.27. The molecule has 0 aromatic rings. The summed E-state index contributed by atoms with van der Waals surface area (Å²) >= 11 is 1.72. The number of carbonyl (C=O) groups excluding carboxylic acids is 2. The Morgan fingerprint density at radius 1 is 0.839 bits per heavy atom. The molecule has 178 valence electrons. The number of carbonyl (C=O) groups is 2. The highest BCUT2D eigenvalue weighted by molar-refractivity contribution is 7.99. The maximum absolute atomic E-state index is 12.7. The van der Waals surface area contributed by atoms with Gasteiger partial charge in [-0.3, -0.25) is 9.59 Å². The second kappa shape index (κ2) is 16.6. The number of thioether (sulfide) groups is 1. The minimum atomic E-state index is -0.210. The zero-order valence-corrected chi connectivity index (χ0v) is 20.8. The molecule has 0 spiro atoms. The van der Waals surface area contributed by atoms with Gasteiger partial charge in [0.15, 0.2) is 0 Å². The molecule has 2 aliphatic heterocycles. The first-order chi connectivity index (χ1) is 15.2. The van der Waals surface area contributed by atoms with Gasteiger partial charge in [0.25, 0.3) is 0 Å². The predicted octanol–water partition coefficient (Wildman–Crippen LogP) is 6.55. The van der Waals surface area contributed by atoms with E-state index in [2.05, 4.69) is 19.1 Å². The van der Waals surface area contributed by atoms with Crippen molar-refractivity contribution in [1.82, 2.24) is 9.80 Å². The predicted molar refractivity (Wildman–Crippen MR) is 133 cm³/mol. The summed E-state index contributed by atoms with van der Waals surface area (Å²) in [5.41, 5.74) is 0. The van der Waals surface area contributed by atoms with Crippen LogP contribution < -0.4 is 0 Å². The van der Waals surface area contributed by atoms with E-state index >= 15 is 0 Å². The van der Waals surface area contributed by atoms with Gasteiger partial charge in [0.1, 0.15) is 6.04 Å². The molecule has 1 atom stereocenters. The van der Waals surface area contributed by atoms with E-state index in [1.54, 1.807) is 11.8 Å². The molecule has 5 heteroatoms. The molecule has 2 fully saturated rings. The van der Waals surface area contributed by atoms with Crippen molar-refractivity contribution in [2.45, 2.75) is 116 Å². The molecule has 2 rings (SSSR count). The lowest BCUT2D eigenvalue weighted by atomic mass is 10.1. The standard InChI is InChI=1S/C26H46N2O2S/c1-2-3-4-5-6-7-8-9-10-11-12-13-14-15-16-19-25(29)28-23-31-22-24(28)26(30)27-20-17-18-21-27/h9-10,24H,2-8,11-23H2,1H3/b10-9-/t24-/m0/s1. The minimum Gasteiger partial charge on any atom is -0.341 e. The quantitative estimate of drug-likeness (QED) is 0.198. The molecule has 2 amide bonds. The van der Waals surface area contributed by atoms with Crippen LogP contribution in [0.5, 0.6) is 0 Å². The van der Waals surface area contributed by atoms with E-state index in [1.165, 1.54) is 70.6 Å². The van der Waals surface area contributed by atoms with Gasteiger partial charge in [0.2, 0.25) is 11.8 Å². The Hall–Kier alpha value is -0.970. The summed E-state index contributed by atoms with van der Waals surface area (Å²) in [6, 6.07) is -0.210. The van der Waals surface area contributed by atoms with Gasteiger partial charge in [-0.05, 0) is 44.9 Å². The van der Waals surface area contributed by atoms with Crippen molar-refractivity contribution in [2.75, 3.05) is 24.7 Å². The van der Waals surface area contributed by atoms with Gasteiger partial charge in [-0.1, -0.05) is 70.4 Å². The Kier molecular flexibility index (Phi) is 14.1. The zero-order chi connectivity index (χ0) is 22.2. The van der Waals surface area contributed by atoms with E-state index < -0.39 is 0 Å². The number of allylic oxidation sites excluding steroid dienone is 2. The number of likely N-dealkylation sites (tertiary alicyclic amines) is 1. The molecule has 0 aliphatic carbocycles. The van der Waals surface area contributed by atoms with Gasteiger partial charge in [-0.2, -0.15) is 0 Å². The largest absolute Gasteiger partial charge is 0.341 e. The highest BCUT2D eigenvalue weighted by atomic mass is 32.2. The second-order valence-corrected chi connectivity index (χ2v) is 10.2. The molecule has 0 bridgehead atoms. The van der Waals surface area contributed by atoms with Crippen molar-refractivity contribution in [2.24, 2.45) is 0 Å². The van der Waals surface area contributed by atoms with Crippen molar-refractivity contribution >= 4 is 23.6 Å². The molecule has 2 aliphatic rings. The first kappa shape index (κ1) is 26.3. The Balaban J connectivity index is 1.44. The molecular weight excluding hydrogens is 404 g/mol. The van der Waals surface area contributed by atoms with Gasteiger partial charge in [-0.15, -0.1) is 11.8 Å². The smallest absolute Gasteiger partial charge is 0.246 e. The zero-order valence-electron chi connectivity index (χ0n) is 20.0. The molecule has 0 saturated carbocycles. The van der Waals surface area contributed by atoms with E-state index in [0.717, 1.165) is 44.5 Å². The number of nitrogens with zero attached hydrogens (tertiary/aromatic N) is 2. The maximum Gasteiger partial charge on any atom is 0.246 e. The first-order valence-corrected chi connectivity index (χ1v) is 14.2. The molecule has 0 aromatic heterocycles. The van der Waals surface area contributed by atoms with Gasteiger partial charge in [0.05, 0.1) is 5.88 Å². The van der Waals surface area contributed by atoms with Gasteiger partial charge in [-0.25, -0.2) is 0 Å². The van der Waals surface area contributed by atoms with E-state index in [9.17, 15) is 9.59 Å². The van der Waals surface area contributed by atoms with Crippen LogP contribution in [0.25, 0.3) is 0 Å². The van der Waals surface area contributed by atoms with E-state index in [-0.39, 0.29) is 17.9 Å². The van der Waals surface area contributed by atoms with Gasteiger partial charge >= 0.3 is 0 Å². The maximum atomic E-state index is 12.7. The fraction of sp³-hybridized carbons (Fsp3) is 0.846. The Bertz CT molecular complexity index is 532. The third-order valence-corrected chi connectivity index (χ3v) is 7.57. The summed E-state index contributed by atoms with van der Waals surface area (Å²) in [6.07, 6.45) is 24.0. The molecule has 0 N–H and O–H groups in total. The average Bonchev–Trinajstić information content (AvgIpc) is 3.48. The normalized spacial score (nSPS) is 19.1. The number of hydrogen-bond donors (Lipinski definition) is 0. The van der Waals surface area contributed by atoms with Crippen LogP contribution in [0.2, 0.25) is 0 Å². The molecule has 0 unspecified atom stereocenters. The van der Waals surface area contributed by atoms with E-state index in [0.29, 0.717) is 12.3 Å². The average molecular weight is 451 g/mol. The fourth-order valence-electron chi connectivity index (χ4n) is 4.53. The first-order valence-electron chi connectivity index (χ1n) is 13.0. The van der Waals surface area contributed by atoms with Crippen LogP contribution >= 0.6 is 11.8 Å². The van der Waals surface area contributed by atoms with Crippen LogP contribution in [0.15, 0.2) is 12.2 Å². The molecular formula is C26H46N2O2S. The molecule has 2 heterocycles. The van der Waals surface area contributed by atoms with Gasteiger partial charge in [0, 0.05) is 25.3 Å². The third kappa shape index (κ3) is 10.5. The number of unbranched alkanes of at least 4 members (excludes halogenated alkanes) is 11. The van der Waals surface area contributed by atoms with Crippen molar-refractivity contribution in [3.63, 3.8) is 0 Å². The van der Waals surface area contributed by atoms with Crippen molar-refractivity contribution in [3.8, 4) is 0 Å². The van der Waals surface area contributed by atoms with Crippen LogP contribution in [0.3, 0.4) is 0 Å². The Morgan fingerprint density at radius 2 is 1.42 bits per heavy atom.